The van der Waals surface area contributed by atoms with E-state index < -0.39 is 15.9 Å². The van der Waals surface area contributed by atoms with E-state index in [-0.39, 0.29) is 22.9 Å². The van der Waals surface area contributed by atoms with Crippen molar-refractivity contribution < 1.29 is 22.7 Å². The molecule has 0 aliphatic carbocycles. The number of sulfonamides is 1. The summed E-state index contributed by atoms with van der Waals surface area (Å²) < 4.78 is 32.3. The first-order chi connectivity index (χ1) is 13.3. The van der Waals surface area contributed by atoms with E-state index in [1.54, 1.807) is 25.1 Å². The number of nitrogens with one attached hydrogen (secondary N) is 3. The van der Waals surface area contributed by atoms with Gasteiger partial charge in [0.1, 0.15) is 0 Å². The molecule has 150 valence electrons. The maximum absolute atomic E-state index is 12.5. The Morgan fingerprint density at radius 3 is 2.32 bits per heavy atom. The van der Waals surface area contributed by atoms with E-state index >= 15 is 0 Å². The second-order valence-electron chi connectivity index (χ2n) is 5.97. The zero-order valence-electron chi connectivity index (χ0n) is 15.7. The number of carbonyl (C=O) groups is 2. The summed E-state index contributed by atoms with van der Waals surface area (Å²) in [6, 6.07) is 12.5. The highest BCUT2D eigenvalue weighted by Crippen LogP contribution is 2.19. The normalized spacial score (nSPS) is 10.9. The van der Waals surface area contributed by atoms with Crippen LogP contribution in [0.4, 0.5) is 5.69 Å². The van der Waals surface area contributed by atoms with Gasteiger partial charge in [-0.1, -0.05) is 18.2 Å². The standard InChI is InChI=1S/C19H23N3O5S/c1-14-5-3-4-6-17(14)22-28(25,26)16-9-7-15(8-10-16)19(24)21-13-18(23)20-11-12-27-2/h3-10,22H,11-13H2,1-2H3,(H,20,23)(H,21,24). The van der Waals surface area contributed by atoms with Crippen LogP contribution in [0.2, 0.25) is 0 Å². The molecule has 0 spiro atoms. The van der Waals surface area contributed by atoms with Gasteiger partial charge < -0.3 is 15.4 Å². The number of ether oxygens (including phenoxy) is 1. The smallest absolute Gasteiger partial charge is 0.261 e. The summed E-state index contributed by atoms with van der Waals surface area (Å²) in [6.45, 7) is 2.35. The Balaban J connectivity index is 1.97. The van der Waals surface area contributed by atoms with Gasteiger partial charge in [-0.05, 0) is 42.8 Å². The minimum absolute atomic E-state index is 0.0320. The fourth-order valence-electron chi connectivity index (χ4n) is 2.29. The first-order valence-corrected chi connectivity index (χ1v) is 10.0. The maximum atomic E-state index is 12.5. The van der Waals surface area contributed by atoms with Gasteiger partial charge in [0.05, 0.1) is 23.7 Å². The molecule has 0 atom stereocenters. The van der Waals surface area contributed by atoms with Crippen molar-refractivity contribution in [3.8, 4) is 0 Å². The number of methoxy groups -OCH3 is 1. The Morgan fingerprint density at radius 2 is 1.68 bits per heavy atom. The number of hydrogen-bond donors (Lipinski definition) is 3. The van der Waals surface area contributed by atoms with Crippen molar-refractivity contribution in [2.24, 2.45) is 0 Å². The van der Waals surface area contributed by atoms with Crippen LogP contribution in [-0.4, -0.2) is 47.0 Å². The third-order valence-corrected chi connectivity index (χ3v) is 5.24. The largest absolute Gasteiger partial charge is 0.383 e. The number of aryl methyl sites for hydroxylation is 1. The van der Waals surface area contributed by atoms with E-state index in [1.807, 2.05) is 6.07 Å². The van der Waals surface area contributed by atoms with Gasteiger partial charge in [-0.25, -0.2) is 8.42 Å². The predicted molar refractivity (Wildman–Crippen MR) is 106 cm³/mol. The number of anilines is 1. The lowest BCUT2D eigenvalue weighted by Crippen LogP contribution is -2.38. The van der Waals surface area contributed by atoms with Crippen molar-refractivity contribution in [1.82, 2.24) is 10.6 Å². The number of amides is 2. The maximum Gasteiger partial charge on any atom is 0.261 e. The molecule has 3 N–H and O–H groups in total. The average molecular weight is 405 g/mol. The van der Waals surface area contributed by atoms with Gasteiger partial charge in [-0.15, -0.1) is 0 Å². The highest BCUT2D eigenvalue weighted by Gasteiger charge is 2.16. The van der Waals surface area contributed by atoms with E-state index in [0.717, 1.165) is 5.56 Å². The van der Waals surface area contributed by atoms with Crippen LogP contribution in [0.3, 0.4) is 0 Å². The van der Waals surface area contributed by atoms with E-state index in [0.29, 0.717) is 18.8 Å². The third kappa shape index (κ3) is 6.07. The summed E-state index contributed by atoms with van der Waals surface area (Å²) in [4.78, 5) is 23.7. The van der Waals surface area contributed by atoms with Crippen molar-refractivity contribution >= 4 is 27.5 Å². The molecular weight excluding hydrogens is 382 g/mol. The second-order valence-corrected chi connectivity index (χ2v) is 7.65. The SMILES string of the molecule is COCCNC(=O)CNC(=O)c1ccc(S(=O)(=O)Nc2ccccc2C)cc1. The number of rotatable bonds is 9. The zero-order chi connectivity index (χ0) is 20.6. The van der Waals surface area contributed by atoms with Crippen LogP contribution < -0.4 is 15.4 Å². The molecule has 0 aromatic heterocycles. The molecule has 0 radical (unpaired) electrons. The molecule has 2 amide bonds. The molecule has 0 bridgehead atoms. The Kier molecular flexibility index (Phi) is 7.53. The van der Waals surface area contributed by atoms with Crippen LogP contribution in [0.25, 0.3) is 0 Å². The van der Waals surface area contributed by atoms with Crippen LogP contribution in [0, 0.1) is 6.92 Å². The molecule has 2 aromatic carbocycles. The monoisotopic (exact) mass is 405 g/mol. The van der Waals surface area contributed by atoms with Crippen molar-refractivity contribution in [2.45, 2.75) is 11.8 Å². The molecule has 2 aromatic rings. The van der Waals surface area contributed by atoms with E-state index in [1.165, 1.54) is 31.4 Å². The Hall–Kier alpha value is -2.91. The lowest BCUT2D eigenvalue weighted by molar-refractivity contribution is -0.120. The van der Waals surface area contributed by atoms with Crippen molar-refractivity contribution in [3.05, 3.63) is 59.7 Å². The van der Waals surface area contributed by atoms with E-state index in [2.05, 4.69) is 15.4 Å². The minimum atomic E-state index is -3.77. The first kappa shape index (κ1) is 21.4. The summed E-state index contributed by atoms with van der Waals surface area (Å²) in [6.07, 6.45) is 0. The van der Waals surface area contributed by atoms with Gasteiger partial charge in [0.2, 0.25) is 5.91 Å². The summed E-state index contributed by atoms with van der Waals surface area (Å²) in [5, 5.41) is 5.06. The Bertz CT molecular complexity index is 927. The Morgan fingerprint density at radius 1 is 1.00 bits per heavy atom. The summed E-state index contributed by atoms with van der Waals surface area (Å²) in [7, 11) is -2.25. The van der Waals surface area contributed by atoms with Crippen molar-refractivity contribution in [2.75, 3.05) is 31.5 Å². The molecule has 0 unspecified atom stereocenters. The molecule has 2 rings (SSSR count). The van der Waals surface area contributed by atoms with Gasteiger partial charge in [0.15, 0.2) is 0 Å². The minimum Gasteiger partial charge on any atom is -0.383 e. The van der Waals surface area contributed by atoms with Gasteiger partial charge in [-0.3, -0.25) is 14.3 Å². The van der Waals surface area contributed by atoms with Gasteiger partial charge in [0, 0.05) is 19.2 Å². The molecule has 8 nitrogen and oxygen atoms in total. The molecule has 0 saturated heterocycles. The summed E-state index contributed by atoms with van der Waals surface area (Å²) in [5.74, 6) is -0.815. The van der Waals surface area contributed by atoms with Crippen molar-refractivity contribution in [3.63, 3.8) is 0 Å². The average Bonchev–Trinajstić information content (AvgIpc) is 2.68. The van der Waals surface area contributed by atoms with Gasteiger partial charge >= 0.3 is 0 Å². The highest BCUT2D eigenvalue weighted by molar-refractivity contribution is 7.92. The lowest BCUT2D eigenvalue weighted by atomic mass is 10.2. The van der Waals surface area contributed by atoms with Gasteiger partial charge in [-0.2, -0.15) is 0 Å². The fraction of sp³-hybridized carbons (Fsp3) is 0.263. The fourth-order valence-corrected chi connectivity index (χ4v) is 3.42. The molecule has 0 fully saturated rings. The molecular formula is C19H23N3O5S. The zero-order valence-corrected chi connectivity index (χ0v) is 16.5. The predicted octanol–water partition coefficient (Wildman–Crippen LogP) is 1.29. The van der Waals surface area contributed by atoms with E-state index in [4.69, 9.17) is 4.74 Å². The molecule has 0 heterocycles. The van der Waals surface area contributed by atoms with Crippen LogP contribution in [0.5, 0.6) is 0 Å². The second kappa shape index (κ2) is 9.86. The Labute approximate surface area is 164 Å². The summed E-state index contributed by atoms with van der Waals surface area (Å²) in [5.41, 5.74) is 1.54. The van der Waals surface area contributed by atoms with Crippen molar-refractivity contribution in [1.29, 1.82) is 0 Å². The number of benzene rings is 2. The number of hydrogen-bond acceptors (Lipinski definition) is 5. The van der Waals surface area contributed by atoms with Crippen LogP contribution >= 0.6 is 0 Å². The third-order valence-electron chi connectivity index (χ3n) is 3.85. The quantitative estimate of drug-likeness (QED) is 0.544. The summed E-state index contributed by atoms with van der Waals surface area (Å²) >= 11 is 0. The van der Waals surface area contributed by atoms with Crippen LogP contribution in [-0.2, 0) is 19.6 Å². The molecule has 28 heavy (non-hydrogen) atoms. The highest BCUT2D eigenvalue weighted by atomic mass is 32.2. The number of carbonyl (C=O) groups excluding carboxylic acids is 2. The van der Waals surface area contributed by atoms with Crippen LogP contribution in [0.15, 0.2) is 53.4 Å². The molecule has 0 aliphatic heterocycles. The number of para-hydroxylation sites is 1. The first-order valence-electron chi connectivity index (χ1n) is 8.56. The van der Waals surface area contributed by atoms with Gasteiger partial charge in [0.25, 0.3) is 15.9 Å². The lowest BCUT2D eigenvalue weighted by Gasteiger charge is -2.11. The van der Waals surface area contributed by atoms with E-state index in [9.17, 15) is 18.0 Å². The molecule has 0 saturated carbocycles. The molecule has 0 aliphatic rings. The molecule has 9 heteroatoms. The topological polar surface area (TPSA) is 114 Å². The van der Waals surface area contributed by atoms with Crippen LogP contribution in [0.1, 0.15) is 15.9 Å².